The lowest BCUT2D eigenvalue weighted by atomic mass is 10.2. The zero-order valence-corrected chi connectivity index (χ0v) is 16.7. The summed E-state index contributed by atoms with van der Waals surface area (Å²) in [4.78, 5) is 14.4. The van der Waals surface area contributed by atoms with Gasteiger partial charge in [0, 0.05) is 39.3 Å². The Balaban J connectivity index is 0.00000312. The lowest BCUT2D eigenvalue weighted by Gasteiger charge is -2.31. The maximum absolute atomic E-state index is 13.0. The molecule has 1 aliphatic rings. The van der Waals surface area contributed by atoms with Crippen LogP contribution in [0.25, 0.3) is 0 Å². The van der Waals surface area contributed by atoms with Gasteiger partial charge in [-0.1, -0.05) is 25.5 Å². The molecule has 1 unspecified atom stereocenters. The Hall–Kier alpha value is -1.15. The van der Waals surface area contributed by atoms with Gasteiger partial charge in [-0.05, 0) is 25.5 Å². The quantitative estimate of drug-likeness (QED) is 0.807. The van der Waals surface area contributed by atoms with Crippen molar-refractivity contribution in [3.8, 4) is 0 Å². The van der Waals surface area contributed by atoms with E-state index in [1.807, 2.05) is 6.92 Å². The molecule has 0 aliphatic carbocycles. The summed E-state index contributed by atoms with van der Waals surface area (Å²) in [5.74, 6) is -0.245. The summed E-state index contributed by atoms with van der Waals surface area (Å²) >= 11 is 0. The second-order valence-electron chi connectivity index (χ2n) is 6.29. The van der Waals surface area contributed by atoms with Crippen molar-refractivity contribution >= 4 is 28.3 Å². The number of sulfonamides is 1. The summed E-state index contributed by atoms with van der Waals surface area (Å²) in [5, 5.41) is 3.23. The molecule has 0 radical (unpaired) electrons. The largest absolute Gasteiger partial charge is 0.342 e. The molecule has 1 aromatic rings. The zero-order chi connectivity index (χ0) is 17.7. The molecule has 1 aliphatic heterocycles. The first kappa shape index (κ1) is 21.9. The van der Waals surface area contributed by atoms with E-state index in [0.29, 0.717) is 26.2 Å². The van der Waals surface area contributed by atoms with Gasteiger partial charge in [-0.2, -0.15) is 4.31 Å². The Kier molecular flexibility index (Phi) is 8.34. The van der Waals surface area contributed by atoms with Crippen LogP contribution in [-0.2, 0) is 10.0 Å². The minimum atomic E-state index is -3.68. The van der Waals surface area contributed by atoms with Crippen LogP contribution in [-0.4, -0.2) is 62.8 Å². The molecule has 1 amide bonds. The summed E-state index contributed by atoms with van der Waals surface area (Å²) in [6.45, 7) is 6.08. The van der Waals surface area contributed by atoms with Gasteiger partial charge in [0.05, 0.1) is 10.5 Å². The first-order valence-corrected chi connectivity index (χ1v) is 9.90. The predicted octanol–water partition coefficient (Wildman–Crippen LogP) is 1.96. The molecule has 25 heavy (non-hydrogen) atoms. The molecule has 142 valence electrons. The van der Waals surface area contributed by atoms with Gasteiger partial charge in [0.2, 0.25) is 10.0 Å². The number of hydrogen-bond donors (Lipinski definition) is 1. The number of nitrogens with zero attached hydrogens (tertiary/aromatic N) is 2. The molecule has 1 N–H and O–H groups in total. The average molecular weight is 390 g/mol. The number of amides is 1. The number of carbonyl (C=O) groups is 1. The number of rotatable bonds is 6. The number of unbranched alkanes of at least 4 members (excludes halogenated alkanes) is 1. The molecule has 1 saturated heterocycles. The first-order valence-electron chi connectivity index (χ1n) is 8.46. The molecule has 8 heteroatoms. The second kappa shape index (κ2) is 9.52. The number of halogens is 1. The fourth-order valence-electron chi connectivity index (χ4n) is 2.83. The van der Waals surface area contributed by atoms with Crippen LogP contribution >= 0.6 is 12.4 Å². The minimum absolute atomic E-state index is 0. The Labute approximate surface area is 157 Å². The molecule has 0 spiro atoms. The fourth-order valence-corrected chi connectivity index (χ4v) is 4.54. The van der Waals surface area contributed by atoms with Crippen molar-refractivity contribution in [3.05, 3.63) is 29.8 Å². The van der Waals surface area contributed by atoms with Crippen molar-refractivity contribution in [2.45, 2.75) is 37.6 Å². The molecule has 1 aromatic carbocycles. The molecule has 6 nitrogen and oxygen atoms in total. The molecule has 2 rings (SSSR count). The molecule has 1 fully saturated rings. The highest BCUT2D eigenvalue weighted by Crippen LogP contribution is 2.22. The van der Waals surface area contributed by atoms with Crippen LogP contribution in [0.15, 0.2) is 29.2 Å². The lowest BCUT2D eigenvalue weighted by molar-refractivity contribution is 0.0789. The highest BCUT2D eigenvalue weighted by atomic mass is 35.5. The van der Waals surface area contributed by atoms with Crippen LogP contribution < -0.4 is 5.32 Å². The highest BCUT2D eigenvalue weighted by Gasteiger charge is 2.32. The van der Waals surface area contributed by atoms with Gasteiger partial charge in [-0.3, -0.25) is 4.79 Å². The van der Waals surface area contributed by atoms with Crippen molar-refractivity contribution in [2.24, 2.45) is 0 Å². The van der Waals surface area contributed by atoms with Crippen LogP contribution in [0, 0.1) is 0 Å². The molecule has 1 heterocycles. The molecular weight excluding hydrogens is 362 g/mol. The summed E-state index contributed by atoms with van der Waals surface area (Å²) in [6, 6.07) is 6.61. The van der Waals surface area contributed by atoms with Gasteiger partial charge >= 0.3 is 0 Å². The molecule has 0 aromatic heterocycles. The normalized spacial score (nSPS) is 18.4. The highest BCUT2D eigenvalue weighted by molar-refractivity contribution is 7.89. The first-order chi connectivity index (χ1) is 11.4. The van der Waals surface area contributed by atoms with Crippen molar-refractivity contribution in [1.29, 1.82) is 0 Å². The fraction of sp³-hybridized carbons (Fsp3) is 0.588. The third-order valence-corrected chi connectivity index (χ3v) is 6.18. The standard InChI is InChI=1S/C17H27N3O3S.ClH/c1-4-5-11-19(3)17(21)15-8-6-7-9-16(15)24(22,23)20-12-10-18-14(2)13-20;/h6-9,14,18H,4-5,10-13H2,1-3H3;1H. The molecule has 0 saturated carbocycles. The summed E-state index contributed by atoms with van der Waals surface area (Å²) in [5.41, 5.74) is 0.252. The number of carbonyl (C=O) groups excluding carboxylic acids is 1. The van der Waals surface area contributed by atoms with E-state index in [4.69, 9.17) is 0 Å². The van der Waals surface area contributed by atoms with Gasteiger partial charge in [0.1, 0.15) is 0 Å². The summed E-state index contributed by atoms with van der Waals surface area (Å²) < 4.78 is 27.5. The van der Waals surface area contributed by atoms with Crippen LogP contribution in [0.5, 0.6) is 0 Å². The second-order valence-corrected chi connectivity index (χ2v) is 8.20. The van der Waals surface area contributed by atoms with Crippen molar-refractivity contribution in [1.82, 2.24) is 14.5 Å². The van der Waals surface area contributed by atoms with E-state index in [0.717, 1.165) is 12.8 Å². The summed E-state index contributed by atoms with van der Waals surface area (Å²) in [7, 11) is -1.96. The van der Waals surface area contributed by atoms with Crippen LogP contribution in [0.2, 0.25) is 0 Å². The van der Waals surface area contributed by atoms with Gasteiger partial charge in [-0.15, -0.1) is 12.4 Å². The minimum Gasteiger partial charge on any atom is -0.342 e. The monoisotopic (exact) mass is 389 g/mol. The SMILES string of the molecule is CCCCN(C)C(=O)c1ccccc1S(=O)(=O)N1CCNC(C)C1.Cl. The van der Waals surface area contributed by atoms with E-state index in [1.54, 1.807) is 30.1 Å². The number of hydrogen-bond acceptors (Lipinski definition) is 4. The van der Waals surface area contributed by atoms with Gasteiger partial charge in [0.25, 0.3) is 5.91 Å². The van der Waals surface area contributed by atoms with Gasteiger partial charge < -0.3 is 10.2 Å². The third-order valence-electron chi connectivity index (χ3n) is 4.26. The Morgan fingerprint density at radius 2 is 2.04 bits per heavy atom. The number of nitrogens with one attached hydrogen (secondary N) is 1. The topological polar surface area (TPSA) is 69.7 Å². The van der Waals surface area contributed by atoms with Gasteiger partial charge in [-0.25, -0.2) is 8.42 Å². The third kappa shape index (κ3) is 5.17. The molecular formula is C17H28ClN3O3S. The number of piperazine rings is 1. The van der Waals surface area contributed by atoms with Crippen molar-refractivity contribution in [2.75, 3.05) is 33.2 Å². The van der Waals surface area contributed by atoms with Crippen LogP contribution in [0.3, 0.4) is 0 Å². The van der Waals surface area contributed by atoms with E-state index in [1.165, 1.54) is 10.4 Å². The molecule has 1 atom stereocenters. The Morgan fingerprint density at radius 3 is 2.68 bits per heavy atom. The van der Waals surface area contributed by atoms with Gasteiger partial charge in [0.15, 0.2) is 0 Å². The Bertz CT molecular complexity index is 681. The number of benzene rings is 1. The van der Waals surface area contributed by atoms with E-state index in [-0.39, 0.29) is 34.8 Å². The van der Waals surface area contributed by atoms with E-state index < -0.39 is 10.0 Å². The van der Waals surface area contributed by atoms with Crippen molar-refractivity contribution in [3.63, 3.8) is 0 Å². The van der Waals surface area contributed by atoms with E-state index in [2.05, 4.69) is 12.2 Å². The maximum atomic E-state index is 13.0. The van der Waals surface area contributed by atoms with Crippen LogP contribution in [0.1, 0.15) is 37.0 Å². The lowest BCUT2D eigenvalue weighted by Crippen LogP contribution is -2.51. The van der Waals surface area contributed by atoms with E-state index in [9.17, 15) is 13.2 Å². The van der Waals surface area contributed by atoms with Crippen LogP contribution in [0.4, 0.5) is 0 Å². The van der Waals surface area contributed by atoms with E-state index >= 15 is 0 Å². The van der Waals surface area contributed by atoms with Crippen molar-refractivity contribution < 1.29 is 13.2 Å². The Morgan fingerprint density at radius 1 is 1.36 bits per heavy atom. The maximum Gasteiger partial charge on any atom is 0.254 e. The zero-order valence-electron chi connectivity index (χ0n) is 15.1. The summed E-state index contributed by atoms with van der Waals surface area (Å²) in [6.07, 6.45) is 1.88. The average Bonchev–Trinajstić information content (AvgIpc) is 2.59. The molecule has 0 bridgehead atoms. The predicted molar refractivity (Wildman–Crippen MR) is 102 cm³/mol. The smallest absolute Gasteiger partial charge is 0.254 e.